The number of nitrogens with one attached hydrogen (secondary N) is 1. The van der Waals surface area contributed by atoms with Crippen molar-refractivity contribution in [1.29, 1.82) is 0 Å². The molecule has 0 heterocycles. The third kappa shape index (κ3) is 4.51. The summed E-state index contributed by atoms with van der Waals surface area (Å²) in [6.45, 7) is 0.966. The maximum Gasteiger partial charge on any atom is 0.223 e. The molecule has 1 aromatic rings. The molecule has 1 aliphatic carbocycles. The summed E-state index contributed by atoms with van der Waals surface area (Å²) < 4.78 is 6.63. The Hall–Kier alpha value is -1.07. The molecule has 1 fully saturated rings. The summed E-state index contributed by atoms with van der Waals surface area (Å²) in [7, 11) is 0. The number of hydrogen-bond donors (Lipinski definition) is 2. The molecule has 0 radical (unpaired) electrons. The molecule has 5 heteroatoms. The molecule has 1 aliphatic rings. The highest BCUT2D eigenvalue weighted by molar-refractivity contribution is 9.10. The van der Waals surface area contributed by atoms with Gasteiger partial charge in [0.15, 0.2) is 0 Å². The van der Waals surface area contributed by atoms with Gasteiger partial charge < -0.3 is 15.8 Å². The van der Waals surface area contributed by atoms with Crippen molar-refractivity contribution in [3.63, 3.8) is 0 Å². The number of benzene rings is 1. The topological polar surface area (TPSA) is 64.3 Å². The fraction of sp³-hybridized carbons (Fsp3) is 0.500. The summed E-state index contributed by atoms with van der Waals surface area (Å²) in [4.78, 5) is 11.6. The van der Waals surface area contributed by atoms with Crippen molar-refractivity contribution in [3.8, 4) is 5.75 Å². The van der Waals surface area contributed by atoms with Crippen molar-refractivity contribution in [2.75, 3.05) is 13.2 Å². The molecule has 1 amide bonds. The summed E-state index contributed by atoms with van der Waals surface area (Å²) >= 11 is 3.47. The van der Waals surface area contributed by atoms with E-state index in [1.165, 1.54) is 0 Å². The van der Waals surface area contributed by atoms with Crippen LogP contribution in [-0.2, 0) is 11.2 Å². The first-order chi connectivity index (χ1) is 9.20. The summed E-state index contributed by atoms with van der Waals surface area (Å²) in [5.74, 6) is 0.863. The highest BCUT2D eigenvalue weighted by atomic mass is 79.9. The van der Waals surface area contributed by atoms with E-state index in [1.807, 2.05) is 18.2 Å². The van der Waals surface area contributed by atoms with Gasteiger partial charge in [0.1, 0.15) is 5.75 Å². The maximum absolute atomic E-state index is 11.6. The number of amides is 1. The highest BCUT2D eigenvalue weighted by Gasteiger charge is 2.22. The molecule has 4 nitrogen and oxygen atoms in total. The zero-order chi connectivity index (χ0) is 13.7. The summed E-state index contributed by atoms with van der Waals surface area (Å²) in [6.07, 6.45) is 3.37. The minimum Gasteiger partial charge on any atom is -0.492 e. The fourth-order valence-corrected chi connectivity index (χ4v) is 2.36. The molecular weight excluding hydrogens is 308 g/mol. The van der Waals surface area contributed by atoms with Gasteiger partial charge in [-0.15, -0.1) is 0 Å². The van der Waals surface area contributed by atoms with Crippen molar-refractivity contribution in [1.82, 2.24) is 5.32 Å². The van der Waals surface area contributed by atoms with Crippen LogP contribution < -0.4 is 15.8 Å². The van der Waals surface area contributed by atoms with Gasteiger partial charge >= 0.3 is 0 Å². The van der Waals surface area contributed by atoms with Crippen molar-refractivity contribution >= 4 is 21.8 Å². The third-order valence-electron chi connectivity index (χ3n) is 2.98. The lowest BCUT2D eigenvalue weighted by molar-refractivity contribution is -0.121. The Morgan fingerprint density at radius 3 is 2.95 bits per heavy atom. The molecule has 0 aromatic heterocycles. The summed E-state index contributed by atoms with van der Waals surface area (Å²) in [5, 5.41) is 2.94. The Morgan fingerprint density at radius 2 is 2.26 bits per heavy atom. The van der Waals surface area contributed by atoms with Gasteiger partial charge in [-0.05, 0) is 53.4 Å². The standard InChI is InChI=1S/C14H19BrN2O2/c15-12-3-1-2-10(6-8-16)14(12)19-9-7-13(18)17-11-4-5-11/h1-3,11H,4-9,16H2,(H,17,18). The zero-order valence-electron chi connectivity index (χ0n) is 10.8. The van der Waals surface area contributed by atoms with Crippen molar-refractivity contribution in [2.45, 2.75) is 31.7 Å². The molecular formula is C14H19BrN2O2. The molecule has 0 bridgehead atoms. The first-order valence-corrected chi connectivity index (χ1v) is 7.39. The van der Waals surface area contributed by atoms with Gasteiger partial charge in [-0.2, -0.15) is 0 Å². The van der Waals surface area contributed by atoms with E-state index in [-0.39, 0.29) is 5.91 Å². The van der Waals surface area contributed by atoms with Crippen LogP contribution in [0.2, 0.25) is 0 Å². The van der Waals surface area contributed by atoms with Crippen molar-refractivity contribution in [3.05, 3.63) is 28.2 Å². The van der Waals surface area contributed by atoms with Crippen LogP contribution in [0.4, 0.5) is 0 Å². The normalized spacial score (nSPS) is 14.2. The average molecular weight is 327 g/mol. The number of hydrogen-bond acceptors (Lipinski definition) is 3. The average Bonchev–Trinajstić information content (AvgIpc) is 3.17. The van der Waals surface area contributed by atoms with E-state index in [9.17, 15) is 4.79 Å². The van der Waals surface area contributed by atoms with Gasteiger partial charge in [-0.3, -0.25) is 4.79 Å². The minimum atomic E-state index is 0.0647. The summed E-state index contributed by atoms with van der Waals surface area (Å²) in [5.41, 5.74) is 6.65. The lowest BCUT2D eigenvalue weighted by Crippen LogP contribution is -2.26. The number of carbonyl (C=O) groups is 1. The van der Waals surface area contributed by atoms with Gasteiger partial charge in [-0.1, -0.05) is 12.1 Å². The van der Waals surface area contributed by atoms with Crippen LogP contribution >= 0.6 is 15.9 Å². The number of para-hydroxylation sites is 1. The predicted octanol–water partition coefficient (Wildman–Crippen LogP) is 2.00. The lowest BCUT2D eigenvalue weighted by atomic mass is 10.1. The predicted molar refractivity (Wildman–Crippen MR) is 78.2 cm³/mol. The zero-order valence-corrected chi connectivity index (χ0v) is 12.4. The van der Waals surface area contributed by atoms with E-state index in [1.54, 1.807) is 0 Å². The van der Waals surface area contributed by atoms with E-state index in [4.69, 9.17) is 10.5 Å². The van der Waals surface area contributed by atoms with Gasteiger partial charge in [0.05, 0.1) is 17.5 Å². The smallest absolute Gasteiger partial charge is 0.223 e. The number of ether oxygens (including phenoxy) is 1. The number of nitrogens with two attached hydrogens (primary N) is 1. The van der Waals surface area contributed by atoms with Crippen LogP contribution in [0.5, 0.6) is 5.75 Å². The SMILES string of the molecule is NCCc1cccc(Br)c1OCCC(=O)NC1CC1. The van der Waals surface area contributed by atoms with Gasteiger partial charge in [0.25, 0.3) is 0 Å². The van der Waals surface area contributed by atoms with Crippen molar-refractivity contribution in [2.24, 2.45) is 5.73 Å². The molecule has 0 saturated heterocycles. The first kappa shape index (κ1) is 14.3. The van der Waals surface area contributed by atoms with Crippen LogP contribution in [0.15, 0.2) is 22.7 Å². The Kier molecular flexibility index (Phi) is 5.22. The van der Waals surface area contributed by atoms with Crippen LogP contribution in [0.3, 0.4) is 0 Å². The second-order valence-electron chi connectivity index (χ2n) is 4.71. The van der Waals surface area contributed by atoms with Crippen LogP contribution in [-0.4, -0.2) is 25.1 Å². The lowest BCUT2D eigenvalue weighted by Gasteiger charge is -2.12. The Morgan fingerprint density at radius 1 is 1.47 bits per heavy atom. The Bertz CT molecular complexity index is 447. The van der Waals surface area contributed by atoms with E-state index in [0.717, 1.165) is 35.0 Å². The van der Waals surface area contributed by atoms with Gasteiger partial charge in [0.2, 0.25) is 5.91 Å². The minimum absolute atomic E-state index is 0.0647. The molecule has 0 unspecified atom stereocenters. The summed E-state index contributed by atoms with van der Waals surface area (Å²) in [6, 6.07) is 6.29. The third-order valence-corrected chi connectivity index (χ3v) is 3.60. The number of rotatable bonds is 7. The van der Waals surface area contributed by atoms with E-state index < -0.39 is 0 Å². The molecule has 2 rings (SSSR count). The molecule has 19 heavy (non-hydrogen) atoms. The van der Waals surface area contributed by atoms with E-state index in [0.29, 0.717) is 25.6 Å². The van der Waals surface area contributed by atoms with E-state index in [2.05, 4.69) is 21.2 Å². The second-order valence-corrected chi connectivity index (χ2v) is 5.56. The number of carbonyl (C=O) groups excluding carboxylic acids is 1. The largest absolute Gasteiger partial charge is 0.492 e. The van der Waals surface area contributed by atoms with Crippen LogP contribution in [0.1, 0.15) is 24.8 Å². The van der Waals surface area contributed by atoms with Crippen LogP contribution in [0, 0.1) is 0 Å². The second kappa shape index (κ2) is 6.91. The molecule has 0 spiro atoms. The van der Waals surface area contributed by atoms with Gasteiger partial charge in [-0.25, -0.2) is 0 Å². The fourth-order valence-electron chi connectivity index (χ4n) is 1.84. The quantitative estimate of drug-likeness (QED) is 0.805. The molecule has 0 atom stereocenters. The van der Waals surface area contributed by atoms with Crippen LogP contribution in [0.25, 0.3) is 0 Å². The van der Waals surface area contributed by atoms with Crippen molar-refractivity contribution < 1.29 is 9.53 Å². The molecule has 1 aromatic carbocycles. The first-order valence-electron chi connectivity index (χ1n) is 6.60. The molecule has 0 aliphatic heterocycles. The molecule has 3 N–H and O–H groups in total. The monoisotopic (exact) mass is 326 g/mol. The Labute approximate surface area is 121 Å². The van der Waals surface area contributed by atoms with E-state index >= 15 is 0 Å². The molecule has 104 valence electrons. The highest BCUT2D eigenvalue weighted by Crippen LogP contribution is 2.29. The van der Waals surface area contributed by atoms with Gasteiger partial charge in [0, 0.05) is 6.04 Å². The number of halogens is 1. The maximum atomic E-state index is 11.6. The Balaban J connectivity index is 1.85. The molecule has 1 saturated carbocycles.